The number of ether oxygens (including phenoxy) is 2. The van der Waals surface area contributed by atoms with E-state index in [2.05, 4.69) is 12.1 Å². The average Bonchev–Trinajstić information content (AvgIpc) is 3.12. The molecule has 1 heterocycles. The number of benzene rings is 2. The van der Waals surface area contributed by atoms with E-state index in [0.717, 1.165) is 0 Å². The van der Waals surface area contributed by atoms with Gasteiger partial charge in [0.05, 0.1) is 14.2 Å². The van der Waals surface area contributed by atoms with Crippen molar-refractivity contribution in [1.82, 2.24) is 4.90 Å². The molecule has 2 aromatic rings. The van der Waals surface area contributed by atoms with E-state index in [-0.39, 0.29) is 30.2 Å². The van der Waals surface area contributed by atoms with Gasteiger partial charge in [-0.15, -0.1) is 12.4 Å². The van der Waals surface area contributed by atoms with E-state index in [1.54, 1.807) is 32.4 Å². The number of hydrogen-bond donors (Lipinski definition) is 1. The van der Waals surface area contributed by atoms with E-state index < -0.39 is 0 Å². The molecule has 0 radical (unpaired) electrons. The molecule has 2 aromatic carbocycles. The number of rotatable bonds is 5. The van der Waals surface area contributed by atoms with E-state index in [9.17, 15) is 4.79 Å². The number of nitrogens with two attached hydrogens (primary N) is 1. The van der Waals surface area contributed by atoms with Crippen LogP contribution in [0.25, 0.3) is 0 Å². The highest BCUT2D eigenvalue weighted by Crippen LogP contribution is 2.33. The van der Waals surface area contributed by atoms with Crippen LogP contribution in [-0.4, -0.2) is 44.7 Å². The Balaban J connectivity index is 0.00000243. The summed E-state index contributed by atoms with van der Waals surface area (Å²) in [6.45, 7) is 1.89. The Hall–Kier alpha value is -2.24. The quantitative estimate of drug-likeness (QED) is 0.871. The summed E-state index contributed by atoms with van der Waals surface area (Å²) in [5.74, 6) is 1.73. The Bertz CT molecular complexity index is 717. The van der Waals surface area contributed by atoms with Crippen molar-refractivity contribution in [1.29, 1.82) is 0 Å². The fourth-order valence-electron chi connectivity index (χ4n) is 3.47. The highest BCUT2D eigenvalue weighted by molar-refractivity contribution is 5.95. The van der Waals surface area contributed by atoms with Crippen LogP contribution in [0.5, 0.6) is 11.5 Å². The van der Waals surface area contributed by atoms with Crippen LogP contribution in [0.4, 0.5) is 0 Å². The summed E-state index contributed by atoms with van der Waals surface area (Å²) in [6.07, 6.45) is 0. The van der Waals surface area contributed by atoms with Crippen molar-refractivity contribution < 1.29 is 14.3 Å². The predicted molar refractivity (Wildman–Crippen MR) is 104 cm³/mol. The third-order valence-corrected chi connectivity index (χ3v) is 4.86. The molecule has 5 nitrogen and oxygen atoms in total. The fourth-order valence-corrected chi connectivity index (χ4v) is 3.47. The number of hydrogen-bond acceptors (Lipinski definition) is 4. The van der Waals surface area contributed by atoms with Crippen molar-refractivity contribution in [2.24, 2.45) is 11.7 Å². The maximum absolute atomic E-state index is 13.0. The molecule has 0 aliphatic carbocycles. The highest BCUT2D eigenvalue weighted by atomic mass is 35.5. The normalized spacial score (nSPS) is 19.0. The standard InChI is InChI=1S/C20H24N2O3.ClH/c1-24-17-8-15(9-18(10-17)25-2)20(23)22-12-16(11-21)19(13-22)14-6-4-3-5-7-14;/h3-10,16,19H,11-13,21H2,1-2H3;1H/t16-,19+;/m1./s1. The van der Waals surface area contributed by atoms with Crippen molar-refractivity contribution in [3.63, 3.8) is 0 Å². The van der Waals surface area contributed by atoms with E-state index in [1.807, 2.05) is 23.1 Å². The van der Waals surface area contributed by atoms with Gasteiger partial charge in [0, 0.05) is 30.6 Å². The Labute approximate surface area is 160 Å². The van der Waals surface area contributed by atoms with Gasteiger partial charge >= 0.3 is 0 Å². The predicted octanol–water partition coefficient (Wildman–Crippen LogP) is 2.94. The summed E-state index contributed by atoms with van der Waals surface area (Å²) >= 11 is 0. The summed E-state index contributed by atoms with van der Waals surface area (Å²) < 4.78 is 10.5. The minimum absolute atomic E-state index is 0. The monoisotopic (exact) mass is 376 g/mol. The molecule has 2 N–H and O–H groups in total. The van der Waals surface area contributed by atoms with E-state index in [0.29, 0.717) is 36.7 Å². The number of nitrogens with zero attached hydrogens (tertiary/aromatic N) is 1. The first-order valence-corrected chi connectivity index (χ1v) is 8.43. The van der Waals surface area contributed by atoms with Gasteiger partial charge in [0.1, 0.15) is 11.5 Å². The van der Waals surface area contributed by atoms with Crippen LogP contribution in [0.2, 0.25) is 0 Å². The number of methoxy groups -OCH3 is 2. The maximum Gasteiger partial charge on any atom is 0.254 e. The molecule has 6 heteroatoms. The van der Waals surface area contributed by atoms with Crippen LogP contribution < -0.4 is 15.2 Å². The topological polar surface area (TPSA) is 64.8 Å². The number of carbonyl (C=O) groups is 1. The van der Waals surface area contributed by atoms with Gasteiger partial charge in [-0.2, -0.15) is 0 Å². The minimum atomic E-state index is -0.0194. The van der Waals surface area contributed by atoms with Gasteiger partial charge in [0.15, 0.2) is 0 Å². The van der Waals surface area contributed by atoms with Crippen LogP contribution in [0.1, 0.15) is 21.8 Å². The fraction of sp³-hybridized carbons (Fsp3) is 0.350. The Morgan fingerprint density at radius 2 is 1.69 bits per heavy atom. The molecule has 2 atom stereocenters. The van der Waals surface area contributed by atoms with Crippen LogP contribution in [0.3, 0.4) is 0 Å². The first-order chi connectivity index (χ1) is 12.2. The number of halogens is 1. The van der Waals surface area contributed by atoms with Gasteiger partial charge in [0.25, 0.3) is 5.91 Å². The molecule has 0 bridgehead atoms. The van der Waals surface area contributed by atoms with Crippen molar-refractivity contribution in [3.8, 4) is 11.5 Å². The minimum Gasteiger partial charge on any atom is -0.497 e. The van der Waals surface area contributed by atoms with Gasteiger partial charge < -0.3 is 20.1 Å². The number of amides is 1. The van der Waals surface area contributed by atoms with E-state index >= 15 is 0 Å². The molecule has 0 unspecified atom stereocenters. The maximum atomic E-state index is 13.0. The van der Waals surface area contributed by atoms with Gasteiger partial charge in [0.2, 0.25) is 0 Å². The van der Waals surface area contributed by atoms with Crippen LogP contribution in [-0.2, 0) is 0 Å². The molecule has 1 aliphatic heterocycles. The number of carbonyl (C=O) groups excluding carboxylic acids is 1. The molecule has 140 valence electrons. The third-order valence-electron chi connectivity index (χ3n) is 4.86. The molecule has 1 fully saturated rings. The van der Waals surface area contributed by atoms with Crippen LogP contribution in [0.15, 0.2) is 48.5 Å². The van der Waals surface area contributed by atoms with Crippen molar-refractivity contribution in [2.45, 2.75) is 5.92 Å². The molecule has 1 aliphatic rings. The van der Waals surface area contributed by atoms with Crippen molar-refractivity contribution >= 4 is 18.3 Å². The lowest BCUT2D eigenvalue weighted by Gasteiger charge is -2.18. The Morgan fingerprint density at radius 1 is 1.08 bits per heavy atom. The lowest BCUT2D eigenvalue weighted by Crippen LogP contribution is -2.29. The Kier molecular flexibility index (Phi) is 6.89. The molecule has 0 aromatic heterocycles. The second-order valence-corrected chi connectivity index (χ2v) is 6.32. The van der Waals surface area contributed by atoms with Gasteiger partial charge in [-0.05, 0) is 30.2 Å². The molecular weight excluding hydrogens is 352 g/mol. The number of likely N-dealkylation sites (tertiary alicyclic amines) is 1. The average molecular weight is 377 g/mol. The first-order valence-electron chi connectivity index (χ1n) is 8.43. The lowest BCUT2D eigenvalue weighted by atomic mass is 9.89. The van der Waals surface area contributed by atoms with Crippen LogP contribution in [0, 0.1) is 5.92 Å². The molecule has 1 saturated heterocycles. The molecule has 3 rings (SSSR count). The smallest absolute Gasteiger partial charge is 0.254 e. The summed E-state index contributed by atoms with van der Waals surface area (Å²) in [5.41, 5.74) is 7.78. The SMILES string of the molecule is COc1cc(OC)cc(C(=O)N2C[C@@H](CN)[C@H](c3ccccc3)C2)c1.Cl. The molecule has 0 saturated carbocycles. The summed E-state index contributed by atoms with van der Waals surface area (Å²) in [6, 6.07) is 15.5. The zero-order chi connectivity index (χ0) is 17.8. The highest BCUT2D eigenvalue weighted by Gasteiger charge is 2.35. The van der Waals surface area contributed by atoms with Crippen molar-refractivity contribution in [3.05, 3.63) is 59.7 Å². The summed E-state index contributed by atoms with van der Waals surface area (Å²) in [7, 11) is 3.16. The largest absolute Gasteiger partial charge is 0.497 e. The molecular formula is C20H25ClN2O3. The molecule has 0 spiro atoms. The summed E-state index contributed by atoms with van der Waals surface area (Å²) in [4.78, 5) is 14.9. The zero-order valence-electron chi connectivity index (χ0n) is 15.1. The first kappa shape index (κ1) is 20.1. The van der Waals surface area contributed by atoms with E-state index in [4.69, 9.17) is 15.2 Å². The van der Waals surface area contributed by atoms with E-state index in [1.165, 1.54) is 5.56 Å². The lowest BCUT2D eigenvalue weighted by molar-refractivity contribution is 0.0785. The van der Waals surface area contributed by atoms with Gasteiger partial charge in [-0.1, -0.05) is 30.3 Å². The second-order valence-electron chi connectivity index (χ2n) is 6.32. The van der Waals surface area contributed by atoms with Crippen molar-refractivity contribution in [2.75, 3.05) is 33.9 Å². The second kappa shape index (κ2) is 8.92. The zero-order valence-corrected chi connectivity index (χ0v) is 15.9. The Morgan fingerprint density at radius 3 is 2.23 bits per heavy atom. The van der Waals surface area contributed by atoms with Crippen LogP contribution >= 0.6 is 12.4 Å². The summed E-state index contributed by atoms with van der Waals surface area (Å²) in [5, 5.41) is 0. The van der Waals surface area contributed by atoms with Gasteiger partial charge in [-0.3, -0.25) is 4.79 Å². The molecule has 26 heavy (non-hydrogen) atoms. The third kappa shape index (κ3) is 4.11. The molecule has 1 amide bonds. The van der Waals surface area contributed by atoms with Gasteiger partial charge in [-0.25, -0.2) is 0 Å².